The molecule has 0 atom stereocenters. The fraction of sp³-hybridized carbons (Fsp3) is 0.684. The highest BCUT2D eigenvalue weighted by Crippen LogP contribution is 2.33. The minimum atomic E-state index is -0.397. The van der Waals surface area contributed by atoms with E-state index in [1.54, 1.807) is 12.1 Å². The molecule has 2 saturated heterocycles. The number of nitro benzene ring substituents is 1. The molecule has 0 saturated carbocycles. The highest BCUT2D eigenvalue weighted by atomic mass is 16.6. The van der Waals surface area contributed by atoms with E-state index in [0.29, 0.717) is 11.8 Å². The van der Waals surface area contributed by atoms with Crippen molar-refractivity contribution in [3.8, 4) is 5.75 Å². The van der Waals surface area contributed by atoms with E-state index in [4.69, 9.17) is 4.74 Å². The summed E-state index contributed by atoms with van der Waals surface area (Å²) in [5.74, 6) is 0.334. The highest BCUT2D eigenvalue weighted by molar-refractivity contribution is 5.59. The van der Waals surface area contributed by atoms with Gasteiger partial charge in [-0.15, -0.1) is 0 Å². The summed E-state index contributed by atoms with van der Waals surface area (Å²) >= 11 is 0. The summed E-state index contributed by atoms with van der Waals surface area (Å²) < 4.78 is 5.20. The molecule has 2 aliphatic heterocycles. The standard InChI is InChI=1S/C19H30N4O3/c1-20(2)15-6-10-21(11-7-15)16-8-12-22(13-9-16)17-4-5-18(23(24)25)19(14-17)26-3/h4-5,14-16H,6-13H2,1-3H3. The van der Waals surface area contributed by atoms with Gasteiger partial charge < -0.3 is 19.4 Å². The molecule has 2 fully saturated rings. The predicted molar refractivity (Wildman–Crippen MR) is 103 cm³/mol. The van der Waals surface area contributed by atoms with Gasteiger partial charge in [0.1, 0.15) is 0 Å². The van der Waals surface area contributed by atoms with Gasteiger partial charge in [0.2, 0.25) is 0 Å². The molecule has 0 spiro atoms. The maximum absolute atomic E-state index is 11.1. The van der Waals surface area contributed by atoms with E-state index in [-0.39, 0.29) is 5.69 Å². The van der Waals surface area contributed by atoms with Gasteiger partial charge in [-0.25, -0.2) is 0 Å². The van der Waals surface area contributed by atoms with Crippen molar-refractivity contribution < 1.29 is 9.66 Å². The zero-order valence-corrected chi connectivity index (χ0v) is 16.1. The number of nitrogens with zero attached hydrogens (tertiary/aromatic N) is 4. The van der Waals surface area contributed by atoms with Crippen LogP contribution in [-0.4, -0.2) is 74.2 Å². The fourth-order valence-electron chi connectivity index (χ4n) is 4.27. The molecular weight excluding hydrogens is 332 g/mol. The van der Waals surface area contributed by atoms with Crippen LogP contribution in [0.4, 0.5) is 11.4 Å². The van der Waals surface area contributed by atoms with Crippen LogP contribution in [-0.2, 0) is 0 Å². The van der Waals surface area contributed by atoms with Crippen LogP contribution >= 0.6 is 0 Å². The number of benzene rings is 1. The van der Waals surface area contributed by atoms with Gasteiger partial charge in [-0.3, -0.25) is 10.1 Å². The van der Waals surface area contributed by atoms with Crippen molar-refractivity contribution in [3.05, 3.63) is 28.3 Å². The van der Waals surface area contributed by atoms with Crippen LogP contribution < -0.4 is 9.64 Å². The molecule has 0 bridgehead atoms. The minimum absolute atomic E-state index is 0.0231. The number of nitro groups is 1. The molecule has 1 aromatic carbocycles. The van der Waals surface area contributed by atoms with Crippen LogP contribution in [0.25, 0.3) is 0 Å². The Morgan fingerprint density at radius 1 is 1.12 bits per heavy atom. The molecule has 0 unspecified atom stereocenters. The van der Waals surface area contributed by atoms with Crippen LogP contribution in [0.15, 0.2) is 18.2 Å². The van der Waals surface area contributed by atoms with Crippen molar-refractivity contribution in [2.45, 2.75) is 37.8 Å². The van der Waals surface area contributed by atoms with Gasteiger partial charge >= 0.3 is 5.69 Å². The first-order valence-corrected chi connectivity index (χ1v) is 9.47. The first-order valence-electron chi connectivity index (χ1n) is 9.47. The first kappa shape index (κ1) is 18.9. The summed E-state index contributed by atoms with van der Waals surface area (Å²) in [6, 6.07) is 6.56. The molecule has 0 N–H and O–H groups in total. The Bertz CT molecular complexity index is 621. The summed E-state index contributed by atoms with van der Waals surface area (Å²) in [5, 5.41) is 11.1. The van der Waals surface area contributed by atoms with Crippen molar-refractivity contribution in [1.29, 1.82) is 0 Å². The Morgan fingerprint density at radius 3 is 2.31 bits per heavy atom. The van der Waals surface area contributed by atoms with Gasteiger partial charge in [0.15, 0.2) is 5.75 Å². The largest absolute Gasteiger partial charge is 0.490 e. The topological polar surface area (TPSA) is 62.1 Å². The normalized spacial score (nSPS) is 20.5. The lowest BCUT2D eigenvalue weighted by atomic mass is 9.97. The maximum atomic E-state index is 11.1. The second kappa shape index (κ2) is 8.22. The molecule has 0 amide bonds. The lowest BCUT2D eigenvalue weighted by molar-refractivity contribution is -0.385. The average Bonchev–Trinajstić information content (AvgIpc) is 2.67. The van der Waals surface area contributed by atoms with E-state index in [9.17, 15) is 10.1 Å². The lowest BCUT2D eigenvalue weighted by Gasteiger charge is -2.43. The molecule has 2 heterocycles. The fourth-order valence-corrected chi connectivity index (χ4v) is 4.27. The second-order valence-corrected chi connectivity index (χ2v) is 7.56. The predicted octanol–water partition coefficient (Wildman–Crippen LogP) is 2.60. The van der Waals surface area contributed by atoms with Crippen molar-refractivity contribution in [1.82, 2.24) is 9.80 Å². The van der Waals surface area contributed by atoms with E-state index in [2.05, 4.69) is 28.8 Å². The smallest absolute Gasteiger partial charge is 0.311 e. The second-order valence-electron chi connectivity index (χ2n) is 7.56. The molecule has 7 heteroatoms. The van der Waals surface area contributed by atoms with Crippen molar-refractivity contribution in [2.24, 2.45) is 0 Å². The molecule has 2 aliphatic rings. The highest BCUT2D eigenvalue weighted by Gasteiger charge is 2.29. The SMILES string of the molecule is COc1cc(N2CCC(N3CCC(N(C)C)CC3)CC2)ccc1[N+](=O)[O-]. The summed E-state index contributed by atoms with van der Waals surface area (Å²) in [5.41, 5.74) is 1.03. The number of hydrogen-bond donors (Lipinski definition) is 0. The van der Waals surface area contributed by atoms with E-state index >= 15 is 0 Å². The summed E-state index contributed by atoms with van der Waals surface area (Å²) in [6.07, 6.45) is 4.80. The minimum Gasteiger partial charge on any atom is -0.490 e. The van der Waals surface area contributed by atoms with Crippen LogP contribution in [0.2, 0.25) is 0 Å². The van der Waals surface area contributed by atoms with Crippen LogP contribution in [0, 0.1) is 10.1 Å². The Kier molecular flexibility index (Phi) is 5.98. The number of likely N-dealkylation sites (tertiary alicyclic amines) is 1. The van der Waals surface area contributed by atoms with Crippen LogP contribution in [0.5, 0.6) is 5.75 Å². The Labute approximate surface area is 155 Å². The molecule has 144 valence electrons. The molecular formula is C19H30N4O3. The van der Waals surface area contributed by atoms with Crippen molar-refractivity contribution in [2.75, 3.05) is 52.3 Å². The summed E-state index contributed by atoms with van der Waals surface area (Å²) in [4.78, 5) is 18.0. The average molecular weight is 362 g/mol. The maximum Gasteiger partial charge on any atom is 0.311 e. The Morgan fingerprint density at radius 2 is 1.77 bits per heavy atom. The number of ether oxygens (including phenoxy) is 1. The van der Waals surface area contributed by atoms with Gasteiger partial charge in [-0.1, -0.05) is 0 Å². The van der Waals surface area contributed by atoms with Gasteiger partial charge in [0.05, 0.1) is 12.0 Å². The van der Waals surface area contributed by atoms with E-state index in [0.717, 1.165) is 37.7 Å². The molecule has 3 rings (SSSR count). The summed E-state index contributed by atoms with van der Waals surface area (Å²) in [7, 11) is 5.84. The number of rotatable bonds is 5. The Hall–Kier alpha value is -1.86. The third kappa shape index (κ3) is 4.10. The number of anilines is 1. The molecule has 0 aromatic heterocycles. The van der Waals surface area contributed by atoms with Crippen molar-refractivity contribution >= 4 is 11.4 Å². The van der Waals surface area contributed by atoms with Gasteiger partial charge in [0, 0.05) is 43.0 Å². The zero-order valence-electron chi connectivity index (χ0n) is 16.1. The quantitative estimate of drug-likeness (QED) is 0.593. The number of methoxy groups -OCH3 is 1. The van der Waals surface area contributed by atoms with E-state index < -0.39 is 4.92 Å². The van der Waals surface area contributed by atoms with Gasteiger partial charge in [-0.05, 0) is 58.9 Å². The third-order valence-electron chi connectivity index (χ3n) is 5.94. The lowest BCUT2D eigenvalue weighted by Crippen LogP contribution is -2.50. The zero-order chi connectivity index (χ0) is 18.7. The van der Waals surface area contributed by atoms with Crippen molar-refractivity contribution in [3.63, 3.8) is 0 Å². The number of hydrogen-bond acceptors (Lipinski definition) is 6. The van der Waals surface area contributed by atoms with E-state index in [1.165, 1.54) is 33.0 Å². The molecule has 0 radical (unpaired) electrons. The molecule has 26 heavy (non-hydrogen) atoms. The Balaban J connectivity index is 1.56. The summed E-state index contributed by atoms with van der Waals surface area (Å²) in [6.45, 7) is 4.36. The first-order chi connectivity index (χ1) is 12.5. The van der Waals surface area contributed by atoms with E-state index in [1.807, 2.05) is 6.07 Å². The third-order valence-corrected chi connectivity index (χ3v) is 5.94. The molecule has 1 aromatic rings. The van der Waals surface area contributed by atoms with Gasteiger partial charge in [-0.2, -0.15) is 0 Å². The number of piperidine rings is 2. The van der Waals surface area contributed by atoms with Crippen LogP contribution in [0.1, 0.15) is 25.7 Å². The van der Waals surface area contributed by atoms with Gasteiger partial charge in [0.25, 0.3) is 0 Å². The molecule has 0 aliphatic carbocycles. The monoisotopic (exact) mass is 362 g/mol. The molecule has 7 nitrogen and oxygen atoms in total. The van der Waals surface area contributed by atoms with Crippen LogP contribution in [0.3, 0.4) is 0 Å².